The van der Waals surface area contributed by atoms with Crippen LogP contribution in [0.2, 0.25) is 0 Å². The first-order valence-corrected chi connectivity index (χ1v) is 6.65. The molecule has 0 saturated heterocycles. The van der Waals surface area contributed by atoms with Gasteiger partial charge in [0.2, 0.25) is 0 Å². The largest absolute Gasteiger partial charge is 0.487 e. The molecule has 100 valence electrons. The van der Waals surface area contributed by atoms with Crippen LogP contribution >= 0.6 is 0 Å². The quantitative estimate of drug-likeness (QED) is 0.860. The average Bonchev–Trinajstić information content (AvgIpc) is 2.47. The summed E-state index contributed by atoms with van der Waals surface area (Å²) in [6.45, 7) is 5.72. The van der Waals surface area contributed by atoms with Gasteiger partial charge < -0.3 is 10.1 Å². The molecule has 0 fully saturated rings. The molecular weight excluding hydrogens is 236 g/mol. The predicted molar refractivity (Wildman–Crippen MR) is 77.1 cm³/mol. The lowest BCUT2D eigenvalue weighted by Crippen LogP contribution is -2.17. The molecule has 3 heteroatoms. The van der Waals surface area contributed by atoms with Gasteiger partial charge in [-0.15, -0.1) is 0 Å². The minimum Gasteiger partial charge on any atom is -0.487 e. The summed E-state index contributed by atoms with van der Waals surface area (Å²) in [5.74, 6) is 0.882. The zero-order chi connectivity index (χ0) is 13.5. The van der Waals surface area contributed by atoms with Crippen LogP contribution in [0.4, 0.5) is 0 Å². The molecule has 0 aliphatic rings. The summed E-state index contributed by atoms with van der Waals surface area (Å²) in [4.78, 5) is 4.24. The Kier molecular flexibility index (Phi) is 4.93. The summed E-state index contributed by atoms with van der Waals surface area (Å²) in [6, 6.07) is 14.4. The summed E-state index contributed by atoms with van der Waals surface area (Å²) < 4.78 is 5.77. The molecule has 1 aromatic carbocycles. The number of nitrogens with zero attached hydrogens (tertiary/aromatic N) is 1. The number of benzene rings is 1. The van der Waals surface area contributed by atoms with Crippen molar-refractivity contribution in [2.45, 2.75) is 26.5 Å². The molecular formula is C16H20N2O. The molecule has 1 heterocycles. The Labute approximate surface area is 114 Å². The Morgan fingerprint density at radius 1 is 1.21 bits per heavy atom. The topological polar surface area (TPSA) is 34.1 Å². The summed E-state index contributed by atoms with van der Waals surface area (Å²) in [7, 11) is 0. The van der Waals surface area contributed by atoms with Crippen molar-refractivity contribution in [1.82, 2.24) is 10.3 Å². The molecule has 0 aliphatic heterocycles. The first-order valence-electron chi connectivity index (χ1n) is 6.65. The zero-order valence-corrected chi connectivity index (χ0v) is 11.5. The third-order valence-corrected chi connectivity index (χ3v) is 2.98. The number of hydrogen-bond donors (Lipinski definition) is 1. The molecule has 0 radical (unpaired) electrons. The normalized spacial score (nSPS) is 12.1. The van der Waals surface area contributed by atoms with Crippen molar-refractivity contribution in [3.8, 4) is 5.75 Å². The molecule has 0 amide bonds. The van der Waals surface area contributed by atoms with E-state index in [9.17, 15) is 0 Å². The number of nitrogens with one attached hydrogen (secondary N) is 1. The van der Waals surface area contributed by atoms with E-state index < -0.39 is 0 Å². The molecule has 0 saturated carbocycles. The van der Waals surface area contributed by atoms with Crippen molar-refractivity contribution in [3.63, 3.8) is 0 Å². The van der Waals surface area contributed by atoms with E-state index in [2.05, 4.69) is 36.3 Å². The van der Waals surface area contributed by atoms with E-state index in [1.807, 2.05) is 30.3 Å². The Hall–Kier alpha value is -1.87. The second-order valence-electron chi connectivity index (χ2n) is 4.46. The van der Waals surface area contributed by atoms with Crippen LogP contribution in [0.1, 0.15) is 31.1 Å². The predicted octanol–water partition coefficient (Wildman–Crippen LogP) is 3.33. The summed E-state index contributed by atoms with van der Waals surface area (Å²) >= 11 is 0. The second-order valence-corrected chi connectivity index (χ2v) is 4.46. The minimum absolute atomic E-state index is 0.336. The van der Waals surface area contributed by atoms with Gasteiger partial charge in [-0.2, -0.15) is 0 Å². The number of pyridine rings is 1. The SMILES string of the molecule is CCNC(C)c1cccc(OCc2ccccn2)c1. The molecule has 1 atom stereocenters. The van der Waals surface area contributed by atoms with Crippen molar-refractivity contribution in [1.29, 1.82) is 0 Å². The van der Waals surface area contributed by atoms with Crippen LogP contribution in [0.5, 0.6) is 5.75 Å². The maximum Gasteiger partial charge on any atom is 0.130 e. The number of rotatable bonds is 6. The van der Waals surface area contributed by atoms with Crippen LogP contribution in [-0.4, -0.2) is 11.5 Å². The number of aromatic nitrogens is 1. The molecule has 1 N–H and O–H groups in total. The van der Waals surface area contributed by atoms with Gasteiger partial charge in [-0.05, 0) is 43.3 Å². The molecule has 0 bridgehead atoms. The molecule has 2 aromatic rings. The summed E-state index contributed by atoms with van der Waals surface area (Å²) in [5.41, 5.74) is 2.17. The highest BCUT2D eigenvalue weighted by Gasteiger charge is 2.05. The van der Waals surface area contributed by atoms with E-state index in [1.165, 1.54) is 5.56 Å². The Morgan fingerprint density at radius 2 is 2.11 bits per heavy atom. The maximum absolute atomic E-state index is 5.77. The molecule has 0 aliphatic carbocycles. The van der Waals surface area contributed by atoms with Crippen molar-refractivity contribution in [2.75, 3.05) is 6.54 Å². The number of hydrogen-bond acceptors (Lipinski definition) is 3. The second kappa shape index (κ2) is 6.90. The van der Waals surface area contributed by atoms with Gasteiger partial charge in [-0.1, -0.05) is 25.1 Å². The Balaban J connectivity index is 1.99. The van der Waals surface area contributed by atoms with E-state index in [0.29, 0.717) is 12.6 Å². The van der Waals surface area contributed by atoms with Gasteiger partial charge >= 0.3 is 0 Å². The van der Waals surface area contributed by atoms with Crippen LogP contribution in [0.3, 0.4) is 0 Å². The monoisotopic (exact) mass is 256 g/mol. The van der Waals surface area contributed by atoms with E-state index in [0.717, 1.165) is 18.0 Å². The van der Waals surface area contributed by atoms with Crippen molar-refractivity contribution in [3.05, 3.63) is 59.9 Å². The fourth-order valence-corrected chi connectivity index (χ4v) is 1.94. The molecule has 2 rings (SSSR count). The van der Waals surface area contributed by atoms with Gasteiger partial charge in [-0.25, -0.2) is 0 Å². The lowest BCUT2D eigenvalue weighted by molar-refractivity contribution is 0.300. The van der Waals surface area contributed by atoms with Crippen LogP contribution < -0.4 is 10.1 Å². The van der Waals surface area contributed by atoms with Gasteiger partial charge in [0.15, 0.2) is 0 Å². The van der Waals surface area contributed by atoms with Gasteiger partial charge in [0, 0.05) is 12.2 Å². The smallest absolute Gasteiger partial charge is 0.130 e. The van der Waals surface area contributed by atoms with Crippen molar-refractivity contribution < 1.29 is 4.74 Å². The molecule has 19 heavy (non-hydrogen) atoms. The van der Waals surface area contributed by atoms with E-state index in [4.69, 9.17) is 4.74 Å². The lowest BCUT2D eigenvalue weighted by atomic mass is 10.1. The van der Waals surface area contributed by atoms with Gasteiger partial charge in [0.1, 0.15) is 12.4 Å². The first-order chi connectivity index (χ1) is 9.29. The van der Waals surface area contributed by atoms with Crippen LogP contribution in [0, 0.1) is 0 Å². The summed E-state index contributed by atoms with van der Waals surface area (Å²) in [6.07, 6.45) is 1.78. The Morgan fingerprint density at radius 3 is 2.84 bits per heavy atom. The van der Waals surface area contributed by atoms with Gasteiger partial charge in [0.25, 0.3) is 0 Å². The highest BCUT2D eigenvalue weighted by molar-refractivity contribution is 5.30. The van der Waals surface area contributed by atoms with E-state index in [1.54, 1.807) is 6.20 Å². The average molecular weight is 256 g/mol. The van der Waals surface area contributed by atoms with E-state index >= 15 is 0 Å². The maximum atomic E-state index is 5.77. The molecule has 3 nitrogen and oxygen atoms in total. The van der Waals surface area contributed by atoms with Crippen LogP contribution in [-0.2, 0) is 6.61 Å². The molecule has 1 aromatic heterocycles. The third kappa shape index (κ3) is 4.07. The highest BCUT2D eigenvalue weighted by Crippen LogP contribution is 2.19. The molecule has 0 spiro atoms. The highest BCUT2D eigenvalue weighted by atomic mass is 16.5. The van der Waals surface area contributed by atoms with Crippen LogP contribution in [0.25, 0.3) is 0 Å². The van der Waals surface area contributed by atoms with Crippen molar-refractivity contribution >= 4 is 0 Å². The minimum atomic E-state index is 0.336. The van der Waals surface area contributed by atoms with Crippen LogP contribution in [0.15, 0.2) is 48.7 Å². The Bertz CT molecular complexity index is 499. The standard InChI is InChI=1S/C16H20N2O/c1-3-17-13(2)14-7-6-9-16(11-14)19-12-15-8-4-5-10-18-15/h4-11,13,17H,3,12H2,1-2H3. The fourth-order valence-electron chi connectivity index (χ4n) is 1.94. The van der Waals surface area contributed by atoms with Gasteiger partial charge in [0.05, 0.1) is 5.69 Å². The fraction of sp³-hybridized carbons (Fsp3) is 0.312. The third-order valence-electron chi connectivity index (χ3n) is 2.98. The van der Waals surface area contributed by atoms with E-state index in [-0.39, 0.29) is 0 Å². The number of ether oxygens (including phenoxy) is 1. The summed E-state index contributed by atoms with van der Waals surface area (Å²) in [5, 5.41) is 3.39. The lowest BCUT2D eigenvalue weighted by Gasteiger charge is -2.14. The van der Waals surface area contributed by atoms with Gasteiger partial charge in [-0.3, -0.25) is 4.98 Å². The van der Waals surface area contributed by atoms with Crippen molar-refractivity contribution in [2.24, 2.45) is 0 Å². The zero-order valence-electron chi connectivity index (χ0n) is 11.5. The molecule has 1 unspecified atom stereocenters. The first kappa shape index (κ1) is 13.6.